The van der Waals surface area contributed by atoms with Crippen LogP contribution in [0.15, 0.2) is 24.3 Å². The number of ether oxygens (including phenoxy) is 2. The fraction of sp³-hybridized carbons (Fsp3) is 0.556. The minimum atomic E-state index is -1.01. The van der Waals surface area contributed by atoms with E-state index in [9.17, 15) is 14.0 Å². The van der Waals surface area contributed by atoms with Crippen molar-refractivity contribution in [2.75, 3.05) is 6.67 Å². The third-order valence-corrected chi connectivity index (χ3v) is 3.83. The molecule has 1 aromatic carbocycles. The van der Waals surface area contributed by atoms with E-state index < -0.39 is 36.2 Å². The lowest BCUT2D eigenvalue weighted by molar-refractivity contribution is -0.0797. The molecule has 6 heteroatoms. The Labute approximate surface area is 141 Å². The number of hydrogen-bond acceptors (Lipinski definition) is 4. The van der Waals surface area contributed by atoms with Crippen molar-refractivity contribution in [3.63, 3.8) is 0 Å². The summed E-state index contributed by atoms with van der Waals surface area (Å²) in [5, 5.41) is 0. The number of nitrogens with zero attached hydrogens (tertiary/aromatic N) is 1. The zero-order valence-electron chi connectivity index (χ0n) is 14.7. The molecule has 0 N–H and O–H groups in total. The molecule has 0 radical (unpaired) electrons. The maximum Gasteiger partial charge on any atom is 0.413 e. The van der Waals surface area contributed by atoms with Crippen LogP contribution in [0.2, 0.25) is 0 Å². The lowest BCUT2D eigenvalue weighted by atomic mass is 10.0. The van der Waals surface area contributed by atoms with Crippen LogP contribution in [0.5, 0.6) is 0 Å². The van der Waals surface area contributed by atoms with Gasteiger partial charge in [-0.05, 0) is 40.2 Å². The van der Waals surface area contributed by atoms with Crippen molar-refractivity contribution in [2.45, 2.75) is 58.1 Å². The van der Waals surface area contributed by atoms with E-state index >= 15 is 0 Å². The van der Waals surface area contributed by atoms with Gasteiger partial charge in [-0.2, -0.15) is 0 Å². The fourth-order valence-electron chi connectivity index (χ4n) is 2.85. The molecule has 2 rings (SSSR count). The van der Waals surface area contributed by atoms with E-state index in [1.54, 1.807) is 58.9 Å². The van der Waals surface area contributed by atoms with Crippen LogP contribution < -0.4 is 0 Å². The number of amides is 1. The molecule has 1 aliphatic rings. The van der Waals surface area contributed by atoms with Crippen LogP contribution in [-0.4, -0.2) is 41.3 Å². The molecule has 132 valence electrons. The second-order valence-corrected chi connectivity index (χ2v) is 7.34. The Kier molecular flexibility index (Phi) is 4.99. The number of aldehydes is 1. The number of hydrogen-bond donors (Lipinski definition) is 0. The number of benzene rings is 1. The number of carbonyl (C=O) groups excluding carboxylic acids is 2. The SMILES string of the molecule is CC(C)(C)OC(=O)N1[C@H](CF)[C@@H](c2ccc(C=O)cc2)OC1(C)C. The standard InChI is InChI=1S/C18H24FNO4/c1-17(2,3)24-16(22)20-14(10-19)15(23-18(20,4)5)13-8-6-12(11-21)7-9-13/h6-9,11,14-15H,10H2,1-5H3/t14-,15-/m1/s1. The van der Waals surface area contributed by atoms with Crippen molar-refractivity contribution in [3.05, 3.63) is 35.4 Å². The molecule has 24 heavy (non-hydrogen) atoms. The molecule has 1 fully saturated rings. The van der Waals surface area contributed by atoms with E-state index in [-0.39, 0.29) is 0 Å². The van der Waals surface area contributed by atoms with Crippen LogP contribution >= 0.6 is 0 Å². The van der Waals surface area contributed by atoms with Gasteiger partial charge in [0.1, 0.15) is 30.4 Å². The lowest BCUT2D eigenvalue weighted by Crippen LogP contribution is -2.50. The molecule has 5 nitrogen and oxygen atoms in total. The van der Waals surface area contributed by atoms with Crippen LogP contribution in [-0.2, 0) is 9.47 Å². The van der Waals surface area contributed by atoms with Crippen LogP contribution in [0, 0.1) is 0 Å². The summed E-state index contributed by atoms with van der Waals surface area (Å²) in [4.78, 5) is 24.6. The summed E-state index contributed by atoms with van der Waals surface area (Å²) in [6, 6.07) is 5.92. The smallest absolute Gasteiger partial charge is 0.413 e. The zero-order chi connectivity index (χ0) is 18.1. The van der Waals surface area contributed by atoms with Gasteiger partial charge in [0.2, 0.25) is 0 Å². The normalized spacial score (nSPS) is 23.2. The molecule has 0 bridgehead atoms. The maximum absolute atomic E-state index is 13.8. The van der Waals surface area contributed by atoms with Gasteiger partial charge < -0.3 is 9.47 Å². The van der Waals surface area contributed by atoms with Crippen molar-refractivity contribution in [1.82, 2.24) is 4.90 Å². The van der Waals surface area contributed by atoms with Gasteiger partial charge in [0.05, 0.1) is 6.04 Å². The second kappa shape index (κ2) is 6.51. The van der Waals surface area contributed by atoms with E-state index in [0.717, 1.165) is 6.29 Å². The Morgan fingerprint density at radius 1 is 1.33 bits per heavy atom. The predicted molar refractivity (Wildman–Crippen MR) is 87.6 cm³/mol. The van der Waals surface area contributed by atoms with Crippen LogP contribution in [0.3, 0.4) is 0 Å². The highest BCUT2D eigenvalue weighted by Crippen LogP contribution is 2.41. The van der Waals surface area contributed by atoms with Gasteiger partial charge in [0, 0.05) is 5.56 Å². The number of alkyl halides is 1. The molecule has 0 spiro atoms. The Bertz CT molecular complexity index is 606. The minimum Gasteiger partial charge on any atom is -0.444 e. The summed E-state index contributed by atoms with van der Waals surface area (Å²) in [5.41, 5.74) is -0.454. The van der Waals surface area contributed by atoms with Gasteiger partial charge in [-0.15, -0.1) is 0 Å². The Hall–Kier alpha value is -1.95. The van der Waals surface area contributed by atoms with E-state index in [1.807, 2.05) is 0 Å². The molecule has 0 aromatic heterocycles. The summed E-state index contributed by atoms with van der Waals surface area (Å²) in [7, 11) is 0. The lowest BCUT2D eigenvalue weighted by Gasteiger charge is -2.34. The first-order chi connectivity index (χ1) is 11.1. The average molecular weight is 337 g/mol. The number of carbonyl (C=O) groups is 2. The van der Waals surface area contributed by atoms with Crippen LogP contribution in [0.1, 0.15) is 56.6 Å². The van der Waals surface area contributed by atoms with Crippen molar-refractivity contribution in [3.8, 4) is 0 Å². The summed E-state index contributed by atoms with van der Waals surface area (Å²) in [6.07, 6.45) is -0.497. The molecule has 0 unspecified atom stereocenters. The van der Waals surface area contributed by atoms with Crippen molar-refractivity contribution in [1.29, 1.82) is 0 Å². The van der Waals surface area contributed by atoms with Crippen LogP contribution in [0.25, 0.3) is 0 Å². The summed E-state index contributed by atoms with van der Waals surface area (Å²) in [6.45, 7) is 7.93. The zero-order valence-corrected chi connectivity index (χ0v) is 14.7. The molecule has 1 aliphatic heterocycles. The monoisotopic (exact) mass is 337 g/mol. The Morgan fingerprint density at radius 3 is 2.38 bits per heavy atom. The summed E-state index contributed by atoms with van der Waals surface area (Å²) < 4.78 is 25.1. The quantitative estimate of drug-likeness (QED) is 0.786. The molecular formula is C18H24FNO4. The van der Waals surface area contributed by atoms with Crippen molar-refractivity contribution < 1.29 is 23.5 Å². The highest BCUT2D eigenvalue weighted by molar-refractivity contribution is 5.74. The van der Waals surface area contributed by atoms with E-state index in [1.165, 1.54) is 4.90 Å². The molecule has 1 heterocycles. The van der Waals surface area contributed by atoms with Crippen molar-refractivity contribution >= 4 is 12.4 Å². The molecule has 1 saturated heterocycles. The molecular weight excluding hydrogens is 313 g/mol. The number of rotatable bonds is 3. The average Bonchev–Trinajstić information content (AvgIpc) is 2.76. The van der Waals surface area contributed by atoms with E-state index in [0.29, 0.717) is 11.1 Å². The van der Waals surface area contributed by atoms with E-state index in [4.69, 9.17) is 9.47 Å². The van der Waals surface area contributed by atoms with E-state index in [2.05, 4.69) is 0 Å². The molecule has 1 amide bonds. The first kappa shape index (κ1) is 18.4. The Balaban J connectivity index is 2.32. The first-order valence-electron chi connectivity index (χ1n) is 7.90. The highest BCUT2D eigenvalue weighted by Gasteiger charge is 2.51. The van der Waals surface area contributed by atoms with Gasteiger partial charge in [0.15, 0.2) is 0 Å². The highest BCUT2D eigenvalue weighted by atomic mass is 19.1. The van der Waals surface area contributed by atoms with Gasteiger partial charge in [-0.1, -0.05) is 24.3 Å². The summed E-state index contributed by atoms with van der Waals surface area (Å²) >= 11 is 0. The van der Waals surface area contributed by atoms with Gasteiger partial charge in [0.25, 0.3) is 0 Å². The first-order valence-corrected chi connectivity index (χ1v) is 7.90. The van der Waals surface area contributed by atoms with Gasteiger partial charge in [-0.25, -0.2) is 9.18 Å². The van der Waals surface area contributed by atoms with Crippen LogP contribution in [0.4, 0.5) is 9.18 Å². The third-order valence-electron chi connectivity index (χ3n) is 3.83. The fourth-order valence-corrected chi connectivity index (χ4v) is 2.85. The molecule has 0 aliphatic carbocycles. The third kappa shape index (κ3) is 3.75. The molecule has 2 atom stereocenters. The largest absolute Gasteiger partial charge is 0.444 e. The van der Waals surface area contributed by atoms with Gasteiger partial charge in [-0.3, -0.25) is 9.69 Å². The predicted octanol–water partition coefficient (Wildman–Crippen LogP) is 3.88. The van der Waals surface area contributed by atoms with Crippen molar-refractivity contribution in [2.24, 2.45) is 0 Å². The second-order valence-electron chi connectivity index (χ2n) is 7.34. The molecule has 0 saturated carbocycles. The number of halogens is 1. The topological polar surface area (TPSA) is 55.8 Å². The molecule has 1 aromatic rings. The van der Waals surface area contributed by atoms with Gasteiger partial charge >= 0.3 is 6.09 Å². The minimum absolute atomic E-state index is 0.525. The Morgan fingerprint density at radius 2 is 1.92 bits per heavy atom. The summed E-state index contributed by atoms with van der Waals surface area (Å²) in [5.74, 6) is 0. The maximum atomic E-state index is 13.8.